The molecule has 0 rings (SSSR count). The second-order valence-electron chi connectivity index (χ2n) is 4.30. The molecule has 1 atom stereocenters. The van der Waals surface area contributed by atoms with E-state index < -0.39 is 0 Å². The first-order valence-electron chi connectivity index (χ1n) is 5.83. The van der Waals surface area contributed by atoms with Crippen molar-refractivity contribution in [1.82, 2.24) is 0 Å². The molecule has 0 heterocycles. The minimum absolute atomic E-state index is 0.655. The van der Waals surface area contributed by atoms with Gasteiger partial charge in [-0.3, -0.25) is 0 Å². The summed E-state index contributed by atoms with van der Waals surface area (Å²) in [4.78, 5) is 0. The Bertz CT molecular complexity index is 241. The summed E-state index contributed by atoms with van der Waals surface area (Å²) in [6.07, 6.45) is 13.3. The average molecular weight is 205 g/mol. The molecule has 0 spiro atoms. The van der Waals surface area contributed by atoms with Crippen molar-refractivity contribution in [2.45, 2.75) is 47.5 Å². The van der Waals surface area contributed by atoms with Crippen molar-refractivity contribution in [3.8, 4) is 0 Å². The van der Waals surface area contributed by atoms with Gasteiger partial charge in [-0.1, -0.05) is 42.4 Å². The molecule has 1 unspecified atom stereocenters. The van der Waals surface area contributed by atoms with Crippen LogP contribution in [-0.2, 0) is 0 Å². The molecule has 0 amide bonds. The van der Waals surface area contributed by atoms with Crippen molar-refractivity contribution in [3.05, 3.63) is 41.9 Å². The predicted octanol–water partition coefficient (Wildman–Crippen LogP) is 5.10. The highest BCUT2D eigenvalue weighted by Crippen LogP contribution is 2.13. The number of allylic oxidation sites excluding steroid dienone is 6. The van der Waals surface area contributed by atoms with E-state index in [4.69, 9.17) is 0 Å². The van der Waals surface area contributed by atoms with Crippen molar-refractivity contribution in [2.75, 3.05) is 0 Å². The zero-order chi connectivity index (χ0) is 11.7. The molecule has 0 aliphatic rings. The van der Waals surface area contributed by atoms with Crippen LogP contribution in [0.3, 0.4) is 0 Å². The van der Waals surface area contributed by atoms with Crippen molar-refractivity contribution in [1.29, 1.82) is 0 Å². The lowest BCUT2D eigenvalue weighted by Gasteiger charge is -2.04. The van der Waals surface area contributed by atoms with Gasteiger partial charge in [0.1, 0.15) is 0 Å². The van der Waals surface area contributed by atoms with Gasteiger partial charge < -0.3 is 0 Å². The summed E-state index contributed by atoms with van der Waals surface area (Å²) < 4.78 is 0. The van der Waals surface area contributed by atoms with Gasteiger partial charge in [-0.2, -0.15) is 0 Å². The molecule has 0 aliphatic carbocycles. The van der Waals surface area contributed by atoms with E-state index in [1.165, 1.54) is 11.1 Å². The Morgan fingerprint density at radius 1 is 1.13 bits per heavy atom. The van der Waals surface area contributed by atoms with Gasteiger partial charge >= 0.3 is 0 Å². The SMILES string of the molecule is CC=CC(C)C[CH]C=C(C)CC(C)=CC. The molecule has 0 aromatic rings. The van der Waals surface area contributed by atoms with Gasteiger partial charge in [0.15, 0.2) is 0 Å². The Balaban J connectivity index is 3.86. The fourth-order valence-electron chi connectivity index (χ4n) is 1.49. The number of hydrogen-bond acceptors (Lipinski definition) is 0. The highest BCUT2D eigenvalue weighted by atomic mass is 14.0. The second kappa shape index (κ2) is 8.52. The normalized spacial score (nSPS) is 16.1. The number of hydrogen-bond donors (Lipinski definition) is 0. The second-order valence-corrected chi connectivity index (χ2v) is 4.30. The molecule has 1 radical (unpaired) electrons. The largest absolute Gasteiger partial charge is 0.0914 e. The van der Waals surface area contributed by atoms with Crippen LogP contribution in [0.4, 0.5) is 0 Å². The maximum absolute atomic E-state index is 2.28. The van der Waals surface area contributed by atoms with Crippen LogP contribution in [0.25, 0.3) is 0 Å². The number of rotatable bonds is 6. The molecule has 0 aromatic heterocycles. The van der Waals surface area contributed by atoms with Crippen molar-refractivity contribution < 1.29 is 0 Å². The van der Waals surface area contributed by atoms with Crippen molar-refractivity contribution in [2.24, 2.45) is 5.92 Å². The first-order chi connectivity index (χ1) is 7.10. The molecule has 0 saturated carbocycles. The molecule has 85 valence electrons. The molecule has 0 fully saturated rings. The Morgan fingerprint density at radius 3 is 2.33 bits per heavy atom. The van der Waals surface area contributed by atoms with Crippen LogP contribution in [0.1, 0.15) is 47.5 Å². The highest BCUT2D eigenvalue weighted by molar-refractivity contribution is 5.14. The van der Waals surface area contributed by atoms with Crippen LogP contribution >= 0.6 is 0 Å². The first-order valence-corrected chi connectivity index (χ1v) is 5.83. The average Bonchev–Trinajstić information content (AvgIpc) is 2.18. The standard InChI is InChI=1S/C15H25/c1-6-9-14(4)10-8-11-15(5)12-13(3)7-2/h6-9,11,14H,10,12H2,1-5H3. The Labute approximate surface area is 95.8 Å². The topological polar surface area (TPSA) is 0 Å². The Morgan fingerprint density at radius 2 is 1.80 bits per heavy atom. The third kappa shape index (κ3) is 8.23. The van der Waals surface area contributed by atoms with E-state index in [9.17, 15) is 0 Å². The molecule has 0 N–H and O–H groups in total. The summed E-state index contributed by atoms with van der Waals surface area (Å²) in [5.41, 5.74) is 2.89. The Hall–Kier alpha value is -0.780. The van der Waals surface area contributed by atoms with Crippen LogP contribution < -0.4 is 0 Å². The van der Waals surface area contributed by atoms with E-state index >= 15 is 0 Å². The van der Waals surface area contributed by atoms with Crippen LogP contribution in [-0.4, -0.2) is 0 Å². The molecule has 15 heavy (non-hydrogen) atoms. The summed E-state index contributed by atoms with van der Waals surface area (Å²) in [6.45, 7) is 10.8. The van der Waals surface area contributed by atoms with Gasteiger partial charge in [0.25, 0.3) is 0 Å². The van der Waals surface area contributed by atoms with Gasteiger partial charge in [-0.25, -0.2) is 0 Å². The smallest absolute Gasteiger partial charge is 0.0114 e. The molecule has 0 saturated heterocycles. The molecule has 0 bridgehead atoms. The molecule has 0 aromatic carbocycles. The fourth-order valence-corrected chi connectivity index (χ4v) is 1.49. The van der Waals surface area contributed by atoms with E-state index in [1.54, 1.807) is 0 Å². The maximum Gasteiger partial charge on any atom is -0.0114 e. The molecule has 0 heteroatoms. The maximum atomic E-state index is 2.28. The highest BCUT2D eigenvalue weighted by Gasteiger charge is 1.96. The monoisotopic (exact) mass is 205 g/mol. The summed E-state index contributed by atoms with van der Waals surface area (Å²) in [5, 5.41) is 0. The zero-order valence-corrected chi connectivity index (χ0v) is 10.9. The predicted molar refractivity (Wildman–Crippen MR) is 70.7 cm³/mol. The minimum Gasteiger partial charge on any atom is -0.0914 e. The lowest BCUT2D eigenvalue weighted by Crippen LogP contribution is -1.89. The van der Waals surface area contributed by atoms with Gasteiger partial charge in [0.05, 0.1) is 0 Å². The quantitative estimate of drug-likeness (QED) is 0.529. The molecule has 0 aliphatic heterocycles. The van der Waals surface area contributed by atoms with Crippen LogP contribution in [0.5, 0.6) is 0 Å². The Kier molecular flexibility index (Phi) is 8.08. The summed E-state index contributed by atoms with van der Waals surface area (Å²) in [5.74, 6) is 0.655. The lowest BCUT2D eigenvalue weighted by molar-refractivity contribution is 0.721. The minimum atomic E-state index is 0.655. The zero-order valence-electron chi connectivity index (χ0n) is 10.9. The molecular weight excluding hydrogens is 180 g/mol. The summed E-state index contributed by atoms with van der Waals surface area (Å²) >= 11 is 0. The van der Waals surface area contributed by atoms with Gasteiger partial charge in [-0.05, 0) is 52.9 Å². The van der Waals surface area contributed by atoms with Crippen LogP contribution in [0.2, 0.25) is 0 Å². The fraction of sp³-hybridized carbons (Fsp3) is 0.533. The van der Waals surface area contributed by atoms with E-state index in [0.717, 1.165) is 12.8 Å². The molecule has 0 nitrogen and oxygen atoms in total. The first kappa shape index (κ1) is 14.2. The van der Waals surface area contributed by atoms with E-state index in [0.29, 0.717) is 5.92 Å². The third-order valence-electron chi connectivity index (χ3n) is 2.48. The van der Waals surface area contributed by atoms with Gasteiger partial charge in [0, 0.05) is 0 Å². The van der Waals surface area contributed by atoms with Crippen LogP contribution in [0, 0.1) is 12.3 Å². The third-order valence-corrected chi connectivity index (χ3v) is 2.48. The van der Waals surface area contributed by atoms with Crippen molar-refractivity contribution >= 4 is 0 Å². The van der Waals surface area contributed by atoms with Gasteiger partial charge in [-0.15, -0.1) is 0 Å². The van der Waals surface area contributed by atoms with E-state index in [-0.39, 0.29) is 0 Å². The summed E-state index contributed by atoms with van der Waals surface area (Å²) in [7, 11) is 0. The van der Waals surface area contributed by atoms with E-state index in [1.807, 2.05) is 0 Å². The van der Waals surface area contributed by atoms with Crippen LogP contribution in [0.15, 0.2) is 35.5 Å². The van der Waals surface area contributed by atoms with E-state index in [2.05, 4.69) is 65.3 Å². The summed E-state index contributed by atoms with van der Waals surface area (Å²) in [6, 6.07) is 0. The molecular formula is C15H25. The lowest BCUT2D eigenvalue weighted by atomic mass is 10.0. The van der Waals surface area contributed by atoms with Crippen molar-refractivity contribution in [3.63, 3.8) is 0 Å². The van der Waals surface area contributed by atoms with Gasteiger partial charge in [0.2, 0.25) is 0 Å².